The summed E-state index contributed by atoms with van der Waals surface area (Å²) in [6.07, 6.45) is 3.04. The Morgan fingerprint density at radius 2 is 2.11 bits per heavy atom. The van der Waals surface area contributed by atoms with Crippen LogP contribution in [0.2, 0.25) is 0 Å². The molecule has 0 atom stereocenters. The maximum absolute atomic E-state index is 11.8. The highest BCUT2D eigenvalue weighted by Gasteiger charge is 2.11. The van der Waals surface area contributed by atoms with Gasteiger partial charge in [0.2, 0.25) is 0 Å². The van der Waals surface area contributed by atoms with Crippen molar-refractivity contribution in [1.29, 1.82) is 0 Å². The lowest BCUT2D eigenvalue weighted by molar-refractivity contribution is 0.0600. The van der Waals surface area contributed by atoms with Crippen LogP contribution in [-0.2, 0) is 11.8 Å². The van der Waals surface area contributed by atoms with E-state index in [1.165, 1.54) is 30.0 Å². The average Bonchev–Trinajstić information content (AvgIpc) is 2.70. The summed E-state index contributed by atoms with van der Waals surface area (Å²) in [5, 5.41) is 4.07. The average molecular weight is 247 g/mol. The van der Waals surface area contributed by atoms with Crippen LogP contribution in [-0.4, -0.2) is 27.4 Å². The predicted octanol–water partition coefficient (Wildman–Crippen LogP) is 0.666. The van der Waals surface area contributed by atoms with Crippen LogP contribution in [0.15, 0.2) is 29.3 Å². The van der Waals surface area contributed by atoms with Gasteiger partial charge in [0.25, 0.3) is 5.56 Å². The number of methoxy groups -OCH3 is 1. The molecule has 0 unspecified atom stereocenters. The molecule has 0 bridgehead atoms. The second-order valence-electron chi connectivity index (χ2n) is 3.86. The smallest absolute Gasteiger partial charge is 0.339 e. The van der Waals surface area contributed by atoms with E-state index in [9.17, 15) is 9.59 Å². The number of rotatable bonds is 2. The van der Waals surface area contributed by atoms with Crippen LogP contribution in [0.25, 0.3) is 5.69 Å². The van der Waals surface area contributed by atoms with Gasteiger partial charge in [-0.3, -0.25) is 14.0 Å². The lowest BCUT2D eigenvalue weighted by Crippen LogP contribution is -2.19. The summed E-state index contributed by atoms with van der Waals surface area (Å²) in [6, 6.07) is 2.77. The van der Waals surface area contributed by atoms with E-state index in [1.807, 2.05) is 6.92 Å². The molecule has 6 nitrogen and oxygen atoms in total. The molecule has 2 aromatic heterocycles. The van der Waals surface area contributed by atoms with Crippen molar-refractivity contribution in [3.8, 4) is 5.69 Å². The molecule has 0 saturated heterocycles. The molecule has 0 saturated carbocycles. The van der Waals surface area contributed by atoms with Crippen molar-refractivity contribution < 1.29 is 9.53 Å². The Hall–Kier alpha value is -2.37. The van der Waals surface area contributed by atoms with Crippen molar-refractivity contribution in [1.82, 2.24) is 14.3 Å². The first-order chi connectivity index (χ1) is 8.54. The Kier molecular flexibility index (Phi) is 3.01. The Morgan fingerprint density at radius 1 is 1.39 bits per heavy atom. The van der Waals surface area contributed by atoms with Crippen LogP contribution in [0.1, 0.15) is 16.1 Å². The highest BCUT2D eigenvalue weighted by atomic mass is 16.5. The van der Waals surface area contributed by atoms with Gasteiger partial charge in [0, 0.05) is 19.3 Å². The van der Waals surface area contributed by atoms with Crippen LogP contribution >= 0.6 is 0 Å². The molecule has 0 aliphatic carbocycles. The van der Waals surface area contributed by atoms with E-state index in [0.29, 0.717) is 11.3 Å². The molecule has 0 aliphatic rings. The molecule has 6 heteroatoms. The van der Waals surface area contributed by atoms with Crippen molar-refractivity contribution >= 4 is 5.97 Å². The molecule has 0 spiro atoms. The van der Waals surface area contributed by atoms with Crippen molar-refractivity contribution in [2.45, 2.75) is 6.92 Å². The van der Waals surface area contributed by atoms with E-state index in [1.54, 1.807) is 17.9 Å². The monoisotopic (exact) mass is 247 g/mol. The maximum atomic E-state index is 11.8. The summed E-state index contributed by atoms with van der Waals surface area (Å²) in [6.45, 7) is 1.85. The van der Waals surface area contributed by atoms with Crippen molar-refractivity contribution in [3.63, 3.8) is 0 Å². The maximum Gasteiger partial charge on any atom is 0.339 e. The van der Waals surface area contributed by atoms with Crippen molar-refractivity contribution in [2.24, 2.45) is 7.05 Å². The number of pyridine rings is 1. The van der Waals surface area contributed by atoms with Crippen molar-refractivity contribution in [3.05, 3.63) is 46.1 Å². The number of aryl methyl sites for hydroxylation is 1. The molecule has 0 N–H and O–H groups in total. The van der Waals surface area contributed by atoms with Gasteiger partial charge < -0.3 is 4.74 Å². The predicted molar refractivity (Wildman–Crippen MR) is 64.9 cm³/mol. The summed E-state index contributed by atoms with van der Waals surface area (Å²) < 4.78 is 7.67. The van der Waals surface area contributed by atoms with E-state index in [0.717, 1.165) is 5.69 Å². The van der Waals surface area contributed by atoms with E-state index < -0.39 is 5.97 Å². The summed E-state index contributed by atoms with van der Waals surface area (Å²) in [5.41, 5.74) is 1.58. The normalized spacial score (nSPS) is 10.4. The zero-order valence-corrected chi connectivity index (χ0v) is 10.4. The quantitative estimate of drug-likeness (QED) is 0.731. The minimum atomic E-state index is -0.481. The Labute approximate surface area is 103 Å². The Bertz CT molecular complexity index is 655. The molecule has 94 valence electrons. The van der Waals surface area contributed by atoms with Crippen LogP contribution in [0.5, 0.6) is 0 Å². The minimum Gasteiger partial charge on any atom is -0.465 e. The lowest BCUT2D eigenvalue weighted by Gasteiger charge is -2.06. The number of carbonyl (C=O) groups excluding carboxylic acids is 1. The van der Waals surface area contributed by atoms with Crippen molar-refractivity contribution in [2.75, 3.05) is 7.11 Å². The third-order valence-corrected chi connectivity index (χ3v) is 2.80. The molecular formula is C12H13N3O3. The highest BCUT2D eigenvalue weighted by Crippen LogP contribution is 2.11. The molecular weight excluding hydrogens is 234 g/mol. The third kappa shape index (κ3) is 1.92. The molecule has 18 heavy (non-hydrogen) atoms. The number of nitrogens with zero attached hydrogens (tertiary/aromatic N) is 3. The zero-order chi connectivity index (χ0) is 13.3. The first kappa shape index (κ1) is 12.1. The molecule has 2 aromatic rings. The molecule has 0 aromatic carbocycles. The molecule has 0 radical (unpaired) electrons. The zero-order valence-electron chi connectivity index (χ0n) is 10.4. The topological polar surface area (TPSA) is 66.1 Å². The first-order valence-corrected chi connectivity index (χ1v) is 5.34. The van der Waals surface area contributed by atoms with Gasteiger partial charge in [-0.05, 0) is 13.0 Å². The number of carbonyl (C=O) groups is 1. The first-order valence-electron chi connectivity index (χ1n) is 5.34. The fraction of sp³-hybridized carbons (Fsp3) is 0.250. The Morgan fingerprint density at radius 3 is 2.67 bits per heavy atom. The van der Waals surface area contributed by atoms with Crippen LogP contribution < -0.4 is 5.56 Å². The van der Waals surface area contributed by atoms with Crippen LogP contribution in [0, 0.1) is 6.92 Å². The number of aromatic nitrogens is 3. The van der Waals surface area contributed by atoms with E-state index >= 15 is 0 Å². The molecule has 2 heterocycles. The van der Waals surface area contributed by atoms with Gasteiger partial charge in [-0.15, -0.1) is 0 Å². The standard InChI is InChI=1S/C12H13N3O3/c1-8-10(6-13-14(8)2)15-7-9(12(17)18-3)4-5-11(15)16/h4-7H,1-3H3. The molecule has 0 aliphatic heterocycles. The second kappa shape index (κ2) is 4.48. The van der Waals surface area contributed by atoms with Gasteiger partial charge >= 0.3 is 5.97 Å². The summed E-state index contributed by atoms with van der Waals surface area (Å²) in [5.74, 6) is -0.481. The molecule has 0 fully saturated rings. The SMILES string of the molecule is COC(=O)c1ccc(=O)n(-c2cnn(C)c2C)c1. The highest BCUT2D eigenvalue weighted by molar-refractivity contribution is 5.88. The van der Waals surface area contributed by atoms with Gasteiger partial charge in [-0.25, -0.2) is 4.79 Å². The number of hydrogen-bond acceptors (Lipinski definition) is 4. The third-order valence-electron chi connectivity index (χ3n) is 2.80. The summed E-state index contributed by atoms with van der Waals surface area (Å²) in [7, 11) is 3.08. The summed E-state index contributed by atoms with van der Waals surface area (Å²) in [4.78, 5) is 23.3. The number of esters is 1. The van der Waals surface area contributed by atoms with Gasteiger partial charge in [-0.2, -0.15) is 5.10 Å². The van der Waals surface area contributed by atoms with Crippen LogP contribution in [0.4, 0.5) is 0 Å². The van der Waals surface area contributed by atoms with E-state index in [4.69, 9.17) is 0 Å². The fourth-order valence-corrected chi connectivity index (χ4v) is 1.64. The molecule has 0 amide bonds. The molecule has 2 rings (SSSR count). The van der Waals surface area contributed by atoms with Gasteiger partial charge in [0.15, 0.2) is 0 Å². The fourth-order valence-electron chi connectivity index (χ4n) is 1.64. The number of hydrogen-bond donors (Lipinski definition) is 0. The Balaban J connectivity index is 2.60. The van der Waals surface area contributed by atoms with E-state index in [2.05, 4.69) is 9.84 Å². The summed E-state index contributed by atoms with van der Waals surface area (Å²) >= 11 is 0. The largest absolute Gasteiger partial charge is 0.465 e. The van der Waals surface area contributed by atoms with Crippen LogP contribution in [0.3, 0.4) is 0 Å². The van der Waals surface area contributed by atoms with Gasteiger partial charge in [-0.1, -0.05) is 0 Å². The lowest BCUT2D eigenvalue weighted by atomic mass is 10.2. The second-order valence-corrected chi connectivity index (χ2v) is 3.86. The number of ether oxygens (including phenoxy) is 1. The minimum absolute atomic E-state index is 0.223. The van der Waals surface area contributed by atoms with Gasteiger partial charge in [0.1, 0.15) is 0 Å². The van der Waals surface area contributed by atoms with E-state index in [-0.39, 0.29) is 5.56 Å². The van der Waals surface area contributed by atoms with Gasteiger partial charge in [0.05, 0.1) is 30.3 Å².